The van der Waals surface area contributed by atoms with Crippen molar-refractivity contribution in [2.75, 3.05) is 18.1 Å². The van der Waals surface area contributed by atoms with Gasteiger partial charge in [0.25, 0.3) is 0 Å². The van der Waals surface area contributed by atoms with Crippen LogP contribution in [0.3, 0.4) is 0 Å². The van der Waals surface area contributed by atoms with Crippen LogP contribution in [0.2, 0.25) is 0 Å². The van der Waals surface area contributed by atoms with Crippen LogP contribution in [0.25, 0.3) is 11.1 Å². The lowest BCUT2D eigenvalue weighted by molar-refractivity contribution is 0.112. The quantitative estimate of drug-likeness (QED) is 0.760. The first kappa shape index (κ1) is 17.5. The van der Waals surface area contributed by atoms with Crippen LogP contribution in [-0.4, -0.2) is 28.6 Å². The lowest BCUT2D eigenvalue weighted by Gasteiger charge is -2.22. The van der Waals surface area contributed by atoms with Gasteiger partial charge in [0.05, 0.1) is 6.61 Å². The van der Waals surface area contributed by atoms with Gasteiger partial charge in [0.2, 0.25) is 0 Å². The van der Waals surface area contributed by atoms with Gasteiger partial charge in [0.15, 0.2) is 0 Å². The number of hydrogen-bond acceptors (Lipinski definition) is 3. The Morgan fingerprint density at radius 1 is 1.00 bits per heavy atom. The molecule has 136 valence electrons. The van der Waals surface area contributed by atoms with Gasteiger partial charge < -0.3 is 4.74 Å². The number of hydrogen-bond donors (Lipinski definition) is 0. The van der Waals surface area contributed by atoms with E-state index in [-0.39, 0.29) is 0 Å². The van der Waals surface area contributed by atoms with Gasteiger partial charge in [-0.25, -0.2) is 0 Å². The minimum atomic E-state index is -0.617. The summed E-state index contributed by atoms with van der Waals surface area (Å²) in [6.07, 6.45) is 6.09. The number of rotatable bonds is 4. The standard InChI is InChI=1S/C22H24O3S/c23-14-17-4-5-18-2-1-3-19-13-20(6-7-21(19)22(18)12-17)25-15-16-8-10-26(24)11-9-16/h4-7,12-14,16H,1-3,8-11,15H2. The first-order valence-electron chi connectivity index (χ1n) is 9.42. The smallest absolute Gasteiger partial charge is 0.150 e. The van der Waals surface area contributed by atoms with Crippen molar-refractivity contribution in [2.45, 2.75) is 32.1 Å². The molecule has 0 amide bonds. The van der Waals surface area contributed by atoms with Crippen LogP contribution in [0.15, 0.2) is 36.4 Å². The molecule has 1 heterocycles. The Labute approximate surface area is 157 Å². The summed E-state index contributed by atoms with van der Waals surface area (Å²) in [7, 11) is -0.617. The molecule has 0 saturated carbocycles. The van der Waals surface area contributed by atoms with Crippen molar-refractivity contribution in [3.8, 4) is 16.9 Å². The Balaban J connectivity index is 1.54. The minimum absolute atomic E-state index is 0.516. The molecular weight excluding hydrogens is 344 g/mol. The average Bonchev–Trinajstić information content (AvgIpc) is 2.85. The van der Waals surface area contributed by atoms with Gasteiger partial charge in [0.1, 0.15) is 12.0 Å². The van der Waals surface area contributed by atoms with Crippen molar-refractivity contribution in [3.05, 3.63) is 53.1 Å². The summed E-state index contributed by atoms with van der Waals surface area (Å²) in [5.41, 5.74) is 5.75. The van der Waals surface area contributed by atoms with Crippen LogP contribution in [-0.2, 0) is 23.6 Å². The Hall–Kier alpha value is -1.94. The zero-order chi connectivity index (χ0) is 17.9. The molecule has 0 bridgehead atoms. The summed E-state index contributed by atoms with van der Waals surface area (Å²) >= 11 is 0. The predicted molar refractivity (Wildman–Crippen MR) is 105 cm³/mol. The number of carbonyl (C=O) groups excluding carboxylic acids is 1. The van der Waals surface area contributed by atoms with E-state index in [9.17, 15) is 9.00 Å². The van der Waals surface area contributed by atoms with E-state index in [0.717, 1.165) is 61.2 Å². The molecule has 0 radical (unpaired) electrons. The van der Waals surface area contributed by atoms with Gasteiger partial charge in [-0.05, 0) is 78.5 Å². The summed E-state index contributed by atoms with van der Waals surface area (Å²) in [6.45, 7) is 0.710. The number of fused-ring (bicyclic) bond motifs is 3. The molecule has 2 aliphatic rings. The fourth-order valence-corrected chi connectivity index (χ4v) is 5.35. The normalized spacial score (nSPS) is 22.0. The monoisotopic (exact) mass is 368 g/mol. The van der Waals surface area contributed by atoms with Crippen molar-refractivity contribution in [1.82, 2.24) is 0 Å². The van der Waals surface area contributed by atoms with E-state index < -0.39 is 10.8 Å². The maximum Gasteiger partial charge on any atom is 0.150 e. The second kappa shape index (κ2) is 7.75. The van der Waals surface area contributed by atoms with Crippen molar-refractivity contribution < 1.29 is 13.7 Å². The third-order valence-electron chi connectivity index (χ3n) is 5.52. The van der Waals surface area contributed by atoms with Crippen molar-refractivity contribution in [3.63, 3.8) is 0 Å². The molecule has 3 nitrogen and oxygen atoms in total. The van der Waals surface area contributed by atoms with Gasteiger partial charge in [-0.15, -0.1) is 0 Å². The molecule has 2 aromatic carbocycles. The van der Waals surface area contributed by atoms with E-state index in [1.807, 2.05) is 18.2 Å². The molecule has 1 saturated heterocycles. The van der Waals surface area contributed by atoms with Crippen LogP contribution in [0.4, 0.5) is 0 Å². The van der Waals surface area contributed by atoms with Crippen LogP contribution in [0.5, 0.6) is 5.75 Å². The highest BCUT2D eigenvalue weighted by Crippen LogP contribution is 2.35. The fraction of sp³-hybridized carbons (Fsp3) is 0.409. The molecule has 0 unspecified atom stereocenters. The summed E-state index contributed by atoms with van der Waals surface area (Å²) in [4.78, 5) is 11.2. The molecule has 4 heteroatoms. The van der Waals surface area contributed by atoms with Gasteiger partial charge in [-0.1, -0.05) is 18.2 Å². The summed E-state index contributed by atoms with van der Waals surface area (Å²) in [6, 6.07) is 12.4. The molecule has 2 aromatic rings. The maximum atomic E-state index is 11.5. The molecule has 1 aliphatic carbocycles. The molecule has 0 aromatic heterocycles. The number of ether oxygens (including phenoxy) is 1. The zero-order valence-electron chi connectivity index (χ0n) is 14.9. The largest absolute Gasteiger partial charge is 0.493 e. The van der Waals surface area contributed by atoms with E-state index in [2.05, 4.69) is 18.2 Å². The summed E-state index contributed by atoms with van der Waals surface area (Å²) < 4.78 is 17.5. The van der Waals surface area contributed by atoms with Gasteiger partial charge in [-0.2, -0.15) is 0 Å². The van der Waals surface area contributed by atoms with Crippen molar-refractivity contribution >= 4 is 17.1 Å². The molecule has 0 atom stereocenters. The second-order valence-corrected chi connectivity index (χ2v) is 9.01. The minimum Gasteiger partial charge on any atom is -0.493 e. The molecule has 0 N–H and O–H groups in total. The molecule has 26 heavy (non-hydrogen) atoms. The Morgan fingerprint density at radius 2 is 1.81 bits per heavy atom. The second-order valence-electron chi connectivity index (χ2n) is 7.31. The van der Waals surface area contributed by atoms with Crippen LogP contribution >= 0.6 is 0 Å². The third kappa shape index (κ3) is 3.75. The van der Waals surface area contributed by atoms with Gasteiger partial charge in [0, 0.05) is 27.9 Å². The zero-order valence-corrected chi connectivity index (χ0v) is 15.7. The predicted octanol–water partition coefficient (Wildman–Crippen LogP) is 4.19. The SMILES string of the molecule is O=Cc1ccc2c(c1)-c1ccc(OCC3CCS(=O)CC3)cc1CCC2. The lowest BCUT2D eigenvalue weighted by Crippen LogP contribution is -2.23. The maximum absolute atomic E-state index is 11.5. The summed E-state index contributed by atoms with van der Waals surface area (Å²) in [5, 5.41) is 0. The van der Waals surface area contributed by atoms with Crippen LogP contribution < -0.4 is 4.74 Å². The van der Waals surface area contributed by atoms with E-state index in [1.165, 1.54) is 22.3 Å². The number of benzene rings is 2. The molecule has 1 fully saturated rings. The van der Waals surface area contributed by atoms with Crippen molar-refractivity contribution in [2.24, 2.45) is 5.92 Å². The van der Waals surface area contributed by atoms with Gasteiger partial charge in [-0.3, -0.25) is 9.00 Å². The molecule has 0 spiro atoms. The number of aryl methyl sites for hydroxylation is 2. The Bertz CT molecular complexity index is 833. The van der Waals surface area contributed by atoms with E-state index in [1.54, 1.807) is 0 Å². The highest BCUT2D eigenvalue weighted by molar-refractivity contribution is 7.85. The highest BCUT2D eigenvalue weighted by atomic mass is 32.2. The molecular formula is C22H24O3S. The first-order chi connectivity index (χ1) is 12.7. The van der Waals surface area contributed by atoms with Crippen LogP contribution in [0, 0.1) is 5.92 Å². The third-order valence-corrected chi connectivity index (χ3v) is 6.90. The first-order valence-corrected chi connectivity index (χ1v) is 10.9. The highest BCUT2D eigenvalue weighted by Gasteiger charge is 2.19. The van der Waals surface area contributed by atoms with Crippen LogP contribution in [0.1, 0.15) is 40.7 Å². The van der Waals surface area contributed by atoms with E-state index >= 15 is 0 Å². The fourth-order valence-electron chi connectivity index (χ4n) is 3.96. The van der Waals surface area contributed by atoms with E-state index in [4.69, 9.17) is 4.74 Å². The topological polar surface area (TPSA) is 43.4 Å². The number of aldehydes is 1. The number of carbonyl (C=O) groups is 1. The average molecular weight is 368 g/mol. The molecule has 1 aliphatic heterocycles. The van der Waals surface area contributed by atoms with Gasteiger partial charge >= 0.3 is 0 Å². The van der Waals surface area contributed by atoms with Crippen molar-refractivity contribution in [1.29, 1.82) is 0 Å². The lowest BCUT2D eigenvalue weighted by atomic mass is 9.95. The summed E-state index contributed by atoms with van der Waals surface area (Å²) in [5.74, 6) is 3.06. The Kier molecular flexibility index (Phi) is 5.21. The molecule has 4 rings (SSSR count). The van der Waals surface area contributed by atoms with E-state index in [0.29, 0.717) is 12.5 Å². The Morgan fingerprint density at radius 3 is 2.62 bits per heavy atom.